The van der Waals surface area contributed by atoms with Gasteiger partial charge in [-0.1, -0.05) is 12.1 Å². The Morgan fingerprint density at radius 2 is 1.86 bits per heavy atom. The minimum absolute atomic E-state index is 0.00655. The number of nitrogens with one attached hydrogen (secondary N) is 1. The quantitative estimate of drug-likeness (QED) is 0.400. The Labute approximate surface area is 203 Å². The molecule has 0 saturated carbocycles. The van der Waals surface area contributed by atoms with Crippen LogP contribution in [0.4, 0.5) is 11.4 Å². The summed E-state index contributed by atoms with van der Waals surface area (Å²) in [6.45, 7) is 4.14. The molecule has 0 fully saturated rings. The van der Waals surface area contributed by atoms with E-state index in [1.54, 1.807) is 61.5 Å². The van der Waals surface area contributed by atoms with E-state index in [1.807, 2.05) is 6.92 Å². The van der Waals surface area contributed by atoms with Crippen LogP contribution in [0.3, 0.4) is 0 Å². The van der Waals surface area contributed by atoms with E-state index in [1.165, 1.54) is 34.5 Å². The van der Waals surface area contributed by atoms with E-state index in [9.17, 15) is 13.2 Å². The van der Waals surface area contributed by atoms with Crippen LogP contribution in [0.5, 0.6) is 5.75 Å². The van der Waals surface area contributed by atoms with Crippen LogP contribution in [-0.2, 0) is 10.0 Å². The smallest absolute Gasteiger partial charge is 0.264 e. The number of carbonyl (C=O) groups excluding carboxylic acids is 1. The highest BCUT2D eigenvalue weighted by Gasteiger charge is 2.23. The Bertz CT molecular complexity index is 1440. The summed E-state index contributed by atoms with van der Waals surface area (Å²) in [5.74, 6) is 0.220. The number of ether oxygens (including phenoxy) is 1. The van der Waals surface area contributed by atoms with Crippen molar-refractivity contribution in [3.8, 4) is 11.4 Å². The zero-order chi connectivity index (χ0) is 25.0. The Morgan fingerprint density at radius 3 is 2.54 bits per heavy atom. The normalized spacial score (nSPS) is 11.2. The molecule has 0 saturated heterocycles. The van der Waals surface area contributed by atoms with Gasteiger partial charge in [-0.05, 0) is 84.4 Å². The van der Waals surface area contributed by atoms with Gasteiger partial charge in [0.15, 0.2) is 0 Å². The molecule has 4 aromatic rings. The second kappa shape index (κ2) is 9.94. The largest absolute Gasteiger partial charge is 0.494 e. The highest BCUT2D eigenvalue weighted by atomic mass is 32.2. The summed E-state index contributed by atoms with van der Waals surface area (Å²) in [4.78, 5) is 13.1. The Hall–Kier alpha value is -4.25. The number of tetrazole rings is 1. The average Bonchev–Trinajstić information content (AvgIpc) is 3.40. The molecule has 0 bridgehead atoms. The number of aryl methyl sites for hydroxylation is 1. The van der Waals surface area contributed by atoms with Gasteiger partial charge in [-0.25, -0.2) is 13.1 Å². The first-order valence-electron chi connectivity index (χ1n) is 10.8. The van der Waals surface area contributed by atoms with Gasteiger partial charge in [-0.2, -0.15) is 0 Å². The summed E-state index contributed by atoms with van der Waals surface area (Å²) in [6, 6.07) is 18.2. The monoisotopic (exact) mass is 492 g/mol. The van der Waals surface area contributed by atoms with Crippen molar-refractivity contribution in [3.63, 3.8) is 0 Å². The lowest BCUT2D eigenvalue weighted by molar-refractivity contribution is 0.102. The second-order valence-electron chi connectivity index (χ2n) is 7.64. The first-order chi connectivity index (χ1) is 16.8. The van der Waals surface area contributed by atoms with Gasteiger partial charge in [0.1, 0.15) is 12.1 Å². The molecule has 0 unspecified atom stereocenters. The van der Waals surface area contributed by atoms with E-state index in [4.69, 9.17) is 4.74 Å². The van der Waals surface area contributed by atoms with E-state index in [2.05, 4.69) is 20.8 Å². The van der Waals surface area contributed by atoms with Gasteiger partial charge in [0, 0.05) is 18.3 Å². The molecule has 1 amide bonds. The molecular weight excluding hydrogens is 468 g/mol. The first-order valence-corrected chi connectivity index (χ1v) is 12.2. The van der Waals surface area contributed by atoms with Crippen LogP contribution in [0, 0.1) is 6.92 Å². The molecule has 0 spiro atoms. The van der Waals surface area contributed by atoms with Crippen molar-refractivity contribution in [2.24, 2.45) is 0 Å². The highest BCUT2D eigenvalue weighted by molar-refractivity contribution is 7.92. The summed E-state index contributed by atoms with van der Waals surface area (Å²) in [5.41, 5.74) is 2.54. The summed E-state index contributed by atoms with van der Waals surface area (Å²) in [6.07, 6.45) is 1.44. The van der Waals surface area contributed by atoms with Crippen LogP contribution in [0.15, 0.2) is 78.0 Å². The lowest BCUT2D eigenvalue weighted by Gasteiger charge is -2.20. The molecular formula is C24H24N6O4S. The van der Waals surface area contributed by atoms with Crippen molar-refractivity contribution < 1.29 is 17.9 Å². The van der Waals surface area contributed by atoms with Crippen LogP contribution >= 0.6 is 0 Å². The fraction of sp³-hybridized carbons (Fsp3) is 0.167. The molecule has 0 aliphatic rings. The van der Waals surface area contributed by atoms with Gasteiger partial charge in [-0.15, -0.1) is 5.10 Å². The lowest BCUT2D eigenvalue weighted by Crippen LogP contribution is -2.27. The van der Waals surface area contributed by atoms with Crippen LogP contribution in [-0.4, -0.2) is 48.2 Å². The fourth-order valence-corrected chi connectivity index (χ4v) is 4.65. The SMILES string of the molecule is CCOc1ccc(N(C)S(=O)(=O)c2ccc(C)c(C(=O)Nc3cccc(-n4cnnn4)c3)c2)cc1. The topological polar surface area (TPSA) is 119 Å². The summed E-state index contributed by atoms with van der Waals surface area (Å²) in [7, 11) is -2.44. The Balaban J connectivity index is 1.58. The maximum atomic E-state index is 13.3. The molecule has 1 N–H and O–H groups in total. The average molecular weight is 493 g/mol. The third-order valence-electron chi connectivity index (χ3n) is 5.34. The zero-order valence-electron chi connectivity index (χ0n) is 19.4. The summed E-state index contributed by atoms with van der Waals surface area (Å²) < 4.78 is 34.7. The number of hydrogen-bond donors (Lipinski definition) is 1. The number of rotatable bonds is 8. The first kappa shape index (κ1) is 23.9. The lowest BCUT2D eigenvalue weighted by atomic mass is 10.1. The molecule has 10 nitrogen and oxygen atoms in total. The van der Waals surface area contributed by atoms with Crippen molar-refractivity contribution in [2.75, 3.05) is 23.3 Å². The van der Waals surface area contributed by atoms with Crippen LogP contribution in [0.1, 0.15) is 22.8 Å². The number of sulfonamides is 1. The molecule has 180 valence electrons. The van der Waals surface area contributed by atoms with Crippen molar-refractivity contribution in [1.29, 1.82) is 0 Å². The second-order valence-corrected chi connectivity index (χ2v) is 9.60. The molecule has 0 atom stereocenters. The number of aromatic nitrogens is 4. The number of carbonyl (C=O) groups is 1. The predicted molar refractivity (Wildman–Crippen MR) is 131 cm³/mol. The number of amides is 1. The van der Waals surface area contributed by atoms with E-state index in [0.29, 0.717) is 35.0 Å². The van der Waals surface area contributed by atoms with Crippen LogP contribution < -0.4 is 14.4 Å². The number of nitrogens with zero attached hydrogens (tertiary/aromatic N) is 5. The third kappa shape index (κ3) is 5.14. The van der Waals surface area contributed by atoms with Crippen molar-refractivity contribution in [1.82, 2.24) is 20.2 Å². The fourth-order valence-electron chi connectivity index (χ4n) is 3.43. The van der Waals surface area contributed by atoms with Crippen LogP contribution in [0.2, 0.25) is 0 Å². The van der Waals surface area contributed by atoms with E-state index in [0.717, 1.165) is 0 Å². The molecule has 3 aromatic carbocycles. The van der Waals surface area contributed by atoms with Gasteiger partial charge in [0.25, 0.3) is 15.9 Å². The maximum absolute atomic E-state index is 13.3. The Morgan fingerprint density at radius 1 is 1.09 bits per heavy atom. The zero-order valence-corrected chi connectivity index (χ0v) is 20.2. The van der Waals surface area contributed by atoms with Gasteiger partial charge in [0.2, 0.25) is 0 Å². The summed E-state index contributed by atoms with van der Waals surface area (Å²) in [5, 5.41) is 13.9. The molecule has 1 aromatic heterocycles. The number of hydrogen-bond acceptors (Lipinski definition) is 7. The minimum atomic E-state index is -3.91. The van der Waals surface area contributed by atoms with Gasteiger partial charge >= 0.3 is 0 Å². The standard InChI is InChI=1S/C24H24N6O4S/c1-4-34-21-11-9-19(10-12-21)29(3)35(32,33)22-13-8-17(2)23(15-22)24(31)26-18-6-5-7-20(14-18)30-16-25-27-28-30/h5-16H,4H2,1-3H3,(H,26,31). The molecule has 1 heterocycles. The minimum Gasteiger partial charge on any atom is -0.494 e. The van der Waals surface area contributed by atoms with Gasteiger partial charge in [-0.3, -0.25) is 9.10 Å². The predicted octanol–water partition coefficient (Wildman–Crippen LogP) is 3.45. The third-order valence-corrected chi connectivity index (χ3v) is 7.12. The maximum Gasteiger partial charge on any atom is 0.264 e. The molecule has 4 rings (SSSR count). The molecule has 0 aliphatic heterocycles. The van der Waals surface area contributed by atoms with Crippen molar-refractivity contribution >= 4 is 27.3 Å². The molecule has 0 radical (unpaired) electrons. The van der Waals surface area contributed by atoms with E-state index < -0.39 is 15.9 Å². The molecule has 0 aliphatic carbocycles. The number of benzene rings is 3. The number of anilines is 2. The van der Waals surface area contributed by atoms with E-state index >= 15 is 0 Å². The Kier molecular flexibility index (Phi) is 6.78. The van der Waals surface area contributed by atoms with Crippen molar-refractivity contribution in [3.05, 3.63) is 84.2 Å². The summed E-state index contributed by atoms with van der Waals surface area (Å²) >= 11 is 0. The highest BCUT2D eigenvalue weighted by Crippen LogP contribution is 2.26. The van der Waals surface area contributed by atoms with Gasteiger partial charge < -0.3 is 10.1 Å². The van der Waals surface area contributed by atoms with E-state index in [-0.39, 0.29) is 10.5 Å². The van der Waals surface area contributed by atoms with Crippen molar-refractivity contribution in [2.45, 2.75) is 18.7 Å². The van der Waals surface area contributed by atoms with Crippen LogP contribution in [0.25, 0.3) is 5.69 Å². The molecule has 35 heavy (non-hydrogen) atoms. The molecule has 11 heteroatoms. The van der Waals surface area contributed by atoms with Gasteiger partial charge in [0.05, 0.1) is 22.9 Å².